The molecular formula is C8H12N2O. The van der Waals surface area contributed by atoms with Gasteiger partial charge in [0.1, 0.15) is 0 Å². The fourth-order valence-electron chi connectivity index (χ4n) is 1.33. The molecule has 0 unspecified atom stereocenters. The molecule has 2 rings (SSSR count). The summed E-state index contributed by atoms with van der Waals surface area (Å²) in [7, 11) is 0. The smallest absolute Gasteiger partial charge is 0.0885 e. The van der Waals surface area contributed by atoms with Crippen molar-refractivity contribution in [2.75, 3.05) is 6.61 Å². The zero-order valence-electron chi connectivity index (χ0n) is 6.71. The van der Waals surface area contributed by atoms with Gasteiger partial charge in [0.15, 0.2) is 0 Å². The molecule has 2 heterocycles. The van der Waals surface area contributed by atoms with Crippen LogP contribution in [0.25, 0.3) is 0 Å². The summed E-state index contributed by atoms with van der Waals surface area (Å²) >= 11 is 0. The number of ether oxygens (including phenoxy) is 1. The normalized spacial score (nSPS) is 16.5. The third kappa shape index (κ3) is 1.16. The van der Waals surface area contributed by atoms with E-state index < -0.39 is 0 Å². The molecule has 0 atom stereocenters. The molecule has 3 nitrogen and oxygen atoms in total. The Labute approximate surface area is 66.0 Å². The average molecular weight is 152 g/mol. The first-order chi connectivity index (χ1) is 5.40. The third-order valence-electron chi connectivity index (χ3n) is 1.97. The molecule has 0 bridgehead atoms. The molecule has 1 aliphatic heterocycles. The van der Waals surface area contributed by atoms with Crippen molar-refractivity contribution in [3.05, 3.63) is 17.5 Å². The highest BCUT2D eigenvalue weighted by Gasteiger charge is 2.10. The Balaban J connectivity index is 2.32. The van der Waals surface area contributed by atoms with Gasteiger partial charge in [-0.25, -0.2) is 0 Å². The lowest BCUT2D eigenvalue weighted by atomic mass is 10.3. The van der Waals surface area contributed by atoms with Crippen LogP contribution in [0.5, 0.6) is 0 Å². The summed E-state index contributed by atoms with van der Waals surface area (Å²) in [5.41, 5.74) is 2.39. The topological polar surface area (TPSA) is 27.1 Å². The summed E-state index contributed by atoms with van der Waals surface area (Å²) in [5, 5.41) is 4.41. The van der Waals surface area contributed by atoms with Crippen molar-refractivity contribution >= 4 is 0 Å². The molecule has 0 radical (unpaired) electrons. The van der Waals surface area contributed by atoms with Crippen molar-refractivity contribution in [2.45, 2.75) is 26.5 Å². The summed E-state index contributed by atoms with van der Waals surface area (Å²) < 4.78 is 7.34. The van der Waals surface area contributed by atoms with E-state index in [9.17, 15) is 0 Å². The number of hydrogen-bond donors (Lipinski definition) is 0. The van der Waals surface area contributed by atoms with Crippen LogP contribution in [-0.4, -0.2) is 16.4 Å². The van der Waals surface area contributed by atoms with Crippen molar-refractivity contribution < 1.29 is 4.74 Å². The molecule has 1 aromatic rings. The highest BCUT2D eigenvalue weighted by atomic mass is 16.5. The van der Waals surface area contributed by atoms with Crippen LogP contribution >= 0.6 is 0 Å². The first-order valence-electron chi connectivity index (χ1n) is 4.03. The maximum absolute atomic E-state index is 5.29. The Bertz CT molecular complexity index is 231. The van der Waals surface area contributed by atoms with Crippen molar-refractivity contribution in [2.24, 2.45) is 0 Å². The van der Waals surface area contributed by atoms with E-state index in [2.05, 4.69) is 18.1 Å². The fraction of sp³-hybridized carbons (Fsp3) is 0.625. The molecule has 0 saturated carbocycles. The summed E-state index contributed by atoms with van der Waals surface area (Å²) in [4.78, 5) is 0. The monoisotopic (exact) mass is 152 g/mol. The van der Waals surface area contributed by atoms with Gasteiger partial charge in [-0.2, -0.15) is 5.10 Å². The minimum Gasteiger partial charge on any atom is -0.373 e. The van der Waals surface area contributed by atoms with E-state index >= 15 is 0 Å². The molecule has 0 aliphatic carbocycles. The Morgan fingerprint density at radius 2 is 2.64 bits per heavy atom. The highest BCUT2D eigenvalue weighted by molar-refractivity contribution is 5.10. The second kappa shape index (κ2) is 2.66. The molecule has 3 heteroatoms. The van der Waals surface area contributed by atoms with Crippen molar-refractivity contribution in [3.8, 4) is 0 Å². The number of nitrogens with zero attached hydrogens (tertiary/aromatic N) is 2. The number of hydrogen-bond acceptors (Lipinski definition) is 2. The Kier molecular flexibility index (Phi) is 1.66. The van der Waals surface area contributed by atoms with Crippen LogP contribution in [0.3, 0.4) is 0 Å². The second-order valence-electron chi connectivity index (χ2n) is 2.76. The second-order valence-corrected chi connectivity index (χ2v) is 2.76. The van der Waals surface area contributed by atoms with E-state index in [1.54, 1.807) is 0 Å². The maximum atomic E-state index is 5.29. The fourth-order valence-corrected chi connectivity index (χ4v) is 1.33. The van der Waals surface area contributed by atoms with Gasteiger partial charge in [-0.3, -0.25) is 4.68 Å². The van der Waals surface area contributed by atoms with Crippen molar-refractivity contribution in [1.29, 1.82) is 0 Å². The van der Waals surface area contributed by atoms with Crippen LogP contribution in [0.1, 0.15) is 18.3 Å². The van der Waals surface area contributed by atoms with Gasteiger partial charge in [-0.05, 0) is 12.5 Å². The van der Waals surface area contributed by atoms with Crippen LogP contribution in [0.4, 0.5) is 0 Å². The number of aromatic nitrogens is 2. The van der Waals surface area contributed by atoms with Gasteiger partial charge in [-0.15, -0.1) is 0 Å². The lowest BCUT2D eigenvalue weighted by Crippen LogP contribution is -2.16. The summed E-state index contributed by atoms with van der Waals surface area (Å²) in [6, 6.07) is 2.12. The Morgan fingerprint density at radius 1 is 1.73 bits per heavy atom. The minimum atomic E-state index is 0.729. The summed E-state index contributed by atoms with van der Waals surface area (Å²) in [6.45, 7) is 4.56. The van der Waals surface area contributed by atoms with Gasteiger partial charge in [0.2, 0.25) is 0 Å². The van der Waals surface area contributed by atoms with E-state index in [0.717, 1.165) is 26.2 Å². The number of aryl methyl sites for hydroxylation is 1. The van der Waals surface area contributed by atoms with E-state index in [1.165, 1.54) is 11.4 Å². The van der Waals surface area contributed by atoms with Gasteiger partial charge in [0.25, 0.3) is 0 Å². The van der Waals surface area contributed by atoms with Crippen molar-refractivity contribution in [1.82, 2.24) is 9.78 Å². The maximum Gasteiger partial charge on any atom is 0.0885 e. The average Bonchev–Trinajstić information content (AvgIpc) is 2.46. The minimum absolute atomic E-state index is 0.729. The van der Waals surface area contributed by atoms with Gasteiger partial charge in [-0.1, -0.05) is 6.92 Å². The molecule has 0 fully saturated rings. The van der Waals surface area contributed by atoms with E-state index in [-0.39, 0.29) is 0 Å². The third-order valence-corrected chi connectivity index (χ3v) is 1.97. The zero-order chi connectivity index (χ0) is 7.68. The quantitative estimate of drug-likeness (QED) is 0.599. The van der Waals surface area contributed by atoms with E-state index in [0.29, 0.717) is 0 Å². The molecular weight excluding hydrogens is 140 g/mol. The summed E-state index contributed by atoms with van der Waals surface area (Å²) in [6.07, 6.45) is 1.01. The lowest BCUT2D eigenvalue weighted by molar-refractivity contribution is 0.0800. The van der Waals surface area contributed by atoms with E-state index in [4.69, 9.17) is 4.74 Å². The zero-order valence-corrected chi connectivity index (χ0v) is 6.71. The van der Waals surface area contributed by atoms with Gasteiger partial charge < -0.3 is 4.74 Å². The van der Waals surface area contributed by atoms with Crippen molar-refractivity contribution in [3.63, 3.8) is 0 Å². The predicted molar refractivity (Wildman–Crippen MR) is 41.3 cm³/mol. The molecule has 0 spiro atoms. The van der Waals surface area contributed by atoms with Gasteiger partial charge in [0, 0.05) is 0 Å². The van der Waals surface area contributed by atoms with Crippen LogP contribution in [0, 0.1) is 0 Å². The van der Waals surface area contributed by atoms with Crippen LogP contribution < -0.4 is 0 Å². The molecule has 60 valence electrons. The lowest BCUT2D eigenvalue weighted by Gasteiger charge is -2.12. The Hall–Kier alpha value is -0.830. The SMILES string of the molecule is CCc1cc2n(n1)CCOC2. The molecule has 11 heavy (non-hydrogen) atoms. The first kappa shape index (κ1) is 6.85. The molecule has 0 aromatic carbocycles. The number of fused-ring (bicyclic) bond motifs is 1. The number of rotatable bonds is 1. The van der Waals surface area contributed by atoms with E-state index in [1.807, 2.05) is 4.68 Å². The van der Waals surface area contributed by atoms with Crippen LogP contribution in [-0.2, 0) is 24.3 Å². The molecule has 0 saturated heterocycles. The standard InChI is InChI=1S/C8H12N2O/c1-2-7-5-8-6-11-4-3-10(8)9-7/h5H,2-4,6H2,1H3. The molecule has 0 amide bonds. The largest absolute Gasteiger partial charge is 0.373 e. The molecule has 0 N–H and O–H groups in total. The predicted octanol–water partition coefficient (Wildman–Crippen LogP) is 0.976. The first-order valence-corrected chi connectivity index (χ1v) is 4.03. The van der Waals surface area contributed by atoms with Crippen LogP contribution in [0.15, 0.2) is 6.07 Å². The highest BCUT2D eigenvalue weighted by Crippen LogP contribution is 2.10. The molecule has 1 aliphatic rings. The van der Waals surface area contributed by atoms with Gasteiger partial charge >= 0.3 is 0 Å². The summed E-state index contributed by atoms with van der Waals surface area (Å²) in [5.74, 6) is 0. The Morgan fingerprint density at radius 3 is 3.36 bits per heavy atom. The molecule has 1 aromatic heterocycles. The van der Waals surface area contributed by atoms with Gasteiger partial charge in [0.05, 0.1) is 31.1 Å². The van der Waals surface area contributed by atoms with Crippen LogP contribution in [0.2, 0.25) is 0 Å².